The van der Waals surface area contributed by atoms with Crippen LogP contribution in [0.1, 0.15) is 6.42 Å². The first-order chi connectivity index (χ1) is 8.56. The summed E-state index contributed by atoms with van der Waals surface area (Å²) in [6, 6.07) is 4.49. The summed E-state index contributed by atoms with van der Waals surface area (Å²) in [5, 5.41) is 0. The first-order valence-electron chi connectivity index (χ1n) is 5.67. The van der Waals surface area contributed by atoms with Gasteiger partial charge in [0, 0.05) is 23.6 Å². The second-order valence-corrected chi connectivity index (χ2v) is 5.17. The van der Waals surface area contributed by atoms with Crippen LogP contribution < -0.4 is 10.5 Å². The van der Waals surface area contributed by atoms with Gasteiger partial charge in [-0.2, -0.15) is 0 Å². The van der Waals surface area contributed by atoms with Gasteiger partial charge in [0.15, 0.2) is 18.2 Å². The predicted molar refractivity (Wildman–Crippen MR) is 68.8 cm³/mol. The Morgan fingerprint density at radius 3 is 3.00 bits per heavy atom. The number of ether oxygens (including phenoxy) is 1. The summed E-state index contributed by atoms with van der Waals surface area (Å²) in [5.74, 6) is -0.574. The highest BCUT2D eigenvalue weighted by Crippen LogP contribution is 2.21. The van der Waals surface area contributed by atoms with Crippen molar-refractivity contribution in [1.29, 1.82) is 0 Å². The van der Waals surface area contributed by atoms with E-state index in [0.717, 1.165) is 6.42 Å². The Morgan fingerprint density at radius 2 is 2.39 bits per heavy atom. The summed E-state index contributed by atoms with van der Waals surface area (Å²) in [6.45, 7) is 1.03. The molecule has 1 aromatic rings. The van der Waals surface area contributed by atoms with E-state index in [1.807, 2.05) is 0 Å². The van der Waals surface area contributed by atoms with Gasteiger partial charge in [-0.25, -0.2) is 4.39 Å². The predicted octanol–water partition coefficient (Wildman–Crippen LogP) is 1.53. The largest absolute Gasteiger partial charge is 0.481 e. The van der Waals surface area contributed by atoms with E-state index in [4.69, 9.17) is 10.5 Å². The van der Waals surface area contributed by atoms with Crippen LogP contribution >= 0.6 is 15.9 Å². The fourth-order valence-corrected chi connectivity index (χ4v) is 2.17. The Balaban J connectivity index is 1.89. The molecule has 98 valence electrons. The molecule has 6 heteroatoms. The monoisotopic (exact) mass is 316 g/mol. The quantitative estimate of drug-likeness (QED) is 0.920. The molecule has 0 bridgehead atoms. The van der Waals surface area contributed by atoms with E-state index in [-0.39, 0.29) is 24.3 Å². The number of nitrogens with two attached hydrogens (primary N) is 1. The van der Waals surface area contributed by atoms with Crippen LogP contribution in [0.5, 0.6) is 5.75 Å². The maximum atomic E-state index is 13.4. The zero-order valence-corrected chi connectivity index (χ0v) is 11.3. The van der Waals surface area contributed by atoms with Gasteiger partial charge in [-0.05, 0) is 24.6 Å². The second kappa shape index (κ2) is 5.67. The molecular weight excluding hydrogens is 303 g/mol. The number of amides is 1. The van der Waals surface area contributed by atoms with Crippen molar-refractivity contribution in [2.24, 2.45) is 5.73 Å². The number of carbonyl (C=O) groups excluding carboxylic acids is 1. The third-order valence-corrected chi connectivity index (χ3v) is 3.32. The van der Waals surface area contributed by atoms with Gasteiger partial charge in [0.05, 0.1) is 0 Å². The molecule has 1 atom stereocenters. The average Bonchev–Trinajstić information content (AvgIpc) is 2.74. The van der Waals surface area contributed by atoms with E-state index in [1.165, 1.54) is 12.1 Å². The van der Waals surface area contributed by atoms with E-state index in [9.17, 15) is 9.18 Å². The van der Waals surface area contributed by atoms with Gasteiger partial charge >= 0.3 is 0 Å². The first-order valence-corrected chi connectivity index (χ1v) is 6.47. The number of hydrogen-bond donors (Lipinski definition) is 1. The highest BCUT2D eigenvalue weighted by atomic mass is 79.9. The molecule has 2 rings (SSSR count). The van der Waals surface area contributed by atoms with Gasteiger partial charge in [0.1, 0.15) is 0 Å². The molecule has 1 saturated heterocycles. The Hall–Kier alpha value is -1.14. The minimum atomic E-state index is -0.490. The minimum absolute atomic E-state index is 0.0402. The summed E-state index contributed by atoms with van der Waals surface area (Å²) in [6.07, 6.45) is 0.804. The number of carbonyl (C=O) groups is 1. The maximum absolute atomic E-state index is 13.4. The SMILES string of the molecule is N[C@@H]1CCN(C(=O)COc2ccc(Br)cc2F)C1. The average molecular weight is 317 g/mol. The molecule has 4 nitrogen and oxygen atoms in total. The zero-order valence-electron chi connectivity index (χ0n) is 9.73. The van der Waals surface area contributed by atoms with Crippen molar-refractivity contribution in [3.05, 3.63) is 28.5 Å². The number of rotatable bonds is 3. The van der Waals surface area contributed by atoms with Crippen LogP contribution in [0.3, 0.4) is 0 Å². The van der Waals surface area contributed by atoms with Gasteiger partial charge < -0.3 is 15.4 Å². The standard InChI is InChI=1S/C12H14BrFN2O2/c13-8-1-2-11(10(14)5-8)18-7-12(17)16-4-3-9(15)6-16/h1-2,5,9H,3-4,6-7,15H2/t9-/m1/s1. The van der Waals surface area contributed by atoms with Crippen molar-refractivity contribution < 1.29 is 13.9 Å². The van der Waals surface area contributed by atoms with Crippen LogP contribution in [-0.4, -0.2) is 36.5 Å². The normalized spacial score (nSPS) is 19.1. The number of halogens is 2. The van der Waals surface area contributed by atoms with Crippen LogP contribution in [0.25, 0.3) is 0 Å². The number of likely N-dealkylation sites (tertiary alicyclic amines) is 1. The first kappa shape index (κ1) is 13.3. The van der Waals surface area contributed by atoms with E-state index >= 15 is 0 Å². The smallest absolute Gasteiger partial charge is 0.260 e. The van der Waals surface area contributed by atoms with Gasteiger partial charge in [-0.3, -0.25) is 4.79 Å². The molecule has 18 heavy (non-hydrogen) atoms. The highest BCUT2D eigenvalue weighted by molar-refractivity contribution is 9.10. The Bertz CT molecular complexity index is 456. The Morgan fingerprint density at radius 1 is 1.61 bits per heavy atom. The van der Waals surface area contributed by atoms with Crippen LogP contribution in [-0.2, 0) is 4.79 Å². The Kier molecular flexibility index (Phi) is 4.19. The number of nitrogens with zero attached hydrogens (tertiary/aromatic N) is 1. The van der Waals surface area contributed by atoms with Crippen LogP contribution in [0.2, 0.25) is 0 Å². The lowest BCUT2D eigenvalue weighted by molar-refractivity contribution is -0.132. The second-order valence-electron chi connectivity index (χ2n) is 4.25. The molecule has 0 radical (unpaired) electrons. The van der Waals surface area contributed by atoms with Crippen molar-refractivity contribution >= 4 is 21.8 Å². The van der Waals surface area contributed by atoms with Gasteiger partial charge in [0.2, 0.25) is 0 Å². The lowest BCUT2D eigenvalue weighted by Gasteiger charge is -2.16. The third kappa shape index (κ3) is 3.20. The maximum Gasteiger partial charge on any atom is 0.260 e. The minimum Gasteiger partial charge on any atom is -0.481 e. The zero-order chi connectivity index (χ0) is 13.1. The number of benzene rings is 1. The van der Waals surface area contributed by atoms with Gasteiger partial charge in [-0.1, -0.05) is 15.9 Å². The lowest BCUT2D eigenvalue weighted by Crippen LogP contribution is -2.35. The van der Waals surface area contributed by atoms with Crippen molar-refractivity contribution in [2.75, 3.05) is 19.7 Å². The van der Waals surface area contributed by atoms with Crippen molar-refractivity contribution in [3.8, 4) is 5.75 Å². The van der Waals surface area contributed by atoms with Gasteiger partial charge in [-0.15, -0.1) is 0 Å². The van der Waals surface area contributed by atoms with Crippen LogP contribution in [0.15, 0.2) is 22.7 Å². The van der Waals surface area contributed by atoms with E-state index in [1.54, 1.807) is 11.0 Å². The fraction of sp³-hybridized carbons (Fsp3) is 0.417. The van der Waals surface area contributed by atoms with Crippen molar-refractivity contribution in [1.82, 2.24) is 4.90 Å². The summed E-state index contributed by atoms with van der Waals surface area (Å²) in [5.41, 5.74) is 5.71. The molecule has 1 aliphatic rings. The van der Waals surface area contributed by atoms with E-state index < -0.39 is 5.82 Å². The highest BCUT2D eigenvalue weighted by Gasteiger charge is 2.23. The van der Waals surface area contributed by atoms with E-state index in [0.29, 0.717) is 17.6 Å². The molecule has 2 N–H and O–H groups in total. The molecule has 1 fully saturated rings. The lowest BCUT2D eigenvalue weighted by atomic mass is 10.3. The van der Waals surface area contributed by atoms with Crippen LogP contribution in [0.4, 0.5) is 4.39 Å². The third-order valence-electron chi connectivity index (χ3n) is 2.82. The van der Waals surface area contributed by atoms with E-state index in [2.05, 4.69) is 15.9 Å². The molecule has 0 aromatic heterocycles. The topological polar surface area (TPSA) is 55.6 Å². The molecule has 0 spiro atoms. The fourth-order valence-electron chi connectivity index (χ4n) is 1.84. The summed E-state index contributed by atoms with van der Waals surface area (Å²) in [7, 11) is 0. The summed E-state index contributed by atoms with van der Waals surface area (Å²) in [4.78, 5) is 13.4. The summed E-state index contributed by atoms with van der Waals surface area (Å²) >= 11 is 3.15. The van der Waals surface area contributed by atoms with Crippen molar-refractivity contribution in [2.45, 2.75) is 12.5 Å². The molecule has 1 amide bonds. The summed E-state index contributed by atoms with van der Waals surface area (Å²) < 4.78 is 19.2. The molecular formula is C12H14BrFN2O2. The Labute approximate surface area is 113 Å². The molecule has 1 aliphatic heterocycles. The molecule has 0 aliphatic carbocycles. The molecule has 1 aromatic carbocycles. The number of hydrogen-bond acceptors (Lipinski definition) is 3. The molecule has 0 saturated carbocycles. The van der Waals surface area contributed by atoms with Crippen molar-refractivity contribution in [3.63, 3.8) is 0 Å². The van der Waals surface area contributed by atoms with Gasteiger partial charge in [0.25, 0.3) is 5.91 Å². The van der Waals surface area contributed by atoms with Crippen LogP contribution in [0, 0.1) is 5.82 Å². The molecule has 1 heterocycles. The molecule has 0 unspecified atom stereocenters.